The molecule has 22 heavy (non-hydrogen) atoms. The van der Waals surface area contributed by atoms with E-state index in [0.717, 1.165) is 4.90 Å². The molecule has 1 aliphatic rings. The molecular weight excluding hydrogens is 306 g/mol. The summed E-state index contributed by atoms with van der Waals surface area (Å²) < 4.78 is 5.99. The van der Waals surface area contributed by atoms with Crippen LogP contribution in [0.1, 0.15) is 20.8 Å². The highest BCUT2D eigenvalue weighted by molar-refractivity contribution is 6.74. The molecule has 1 aliphatic heterocycles. The van der Waals surface area contributed by atoms with E-state index in [2.05, 4.69) is 20.8 Å². The number of rotatable bonds is 4. The van der Waals surface area contributed by atoms with Crippen LogP contribution in [0.25, 0.3) is 0 Å². The molecule has 3 N–H and O–H groups in total. The third-order valence-corrected chi connectivity index (χ3v) is 8.92. The van der Waals surface area contributed by atoms with Crippen molar-refractivity contribution >= 4 is 20.4 Å². The van der Waals surface area contributed by atoms with Crippen LogP contribution in [0.15, 0.2) is 11.6 Å². The second kappa shape index (κ2) is 6.39. The van der Waals surface area contributed by atoms with Gasteiger partial charge >= 0.3 is 12.1 Å². The van der Waals surface area contributed by atoms with Crippen LogP contribution in [0.5, 0.6) is 0 Å². The highest BCUT2D eigenvalue weighted by Gasteiger charge is 2.40. The predicted molar refractivity (Wildman–Crippen MR) is 83.4 cm³/mol. The molecule has 0 saturated heterocycles. The fourth-order valence-electron chi connectivity index (χ4n) is 1.91. The van der Waals surface area contributed by atoms with Crippen LogP contribution in [0.3, 0.4) is 0 Å². The Labute approximate surface area is 131 Å². The quantitative estimate of drug-likeness (QED) is 0.677. The van der Waals surface area contributed by atoms with E-state index in [0.29, 0.717) is 0 Å². The number of aliphatic carboxylic acids is 1. The van der Waals surface area contributed by atoms with Crippen LogP contribution < -0.4 is 0 Å². The lowest BCUT2D eigenvalue weighted by atomic mass is 10.0. The number of hydrogen-bond acceptors (Lipinski definition) is 4. The van der Waals surface area contributed by atoms with Gasteiger partial charge in [0.15, 0.2) is 8.32 Å². The Morgan fingerprint density at radius 1 is 1.36 bits per heavy atom. The Morgan fingerprint density at radius 2 is 1.91 bits per heavy atom. The zero-order valence-electron chi connectivity index (χ0n) is 13.7. The molecule has 0 aromatic heterocycles. The van der Waals surface area contributed by atoms with Crippen LogP contribution in [0, 0.1) is 0 Å². The lowest BCUT2D eigenvalue weighted by Crippen LogP contribution is -2.52. The minimum absolute atomic E-state index is 0.0332. The molecule has 0 bridgehead atoms. The maximum absolute atomic E-state index is 11.3. The van der Waals surface area contributed by atoms with Gasteiger partial charge in [-0.25, -0.2) is 9.59 Å². The molecule has 0 aromatic carbocycles. The molecule has 0 radical (unpaired) electrons. The molecule has 0 aliphatic carbocycles. The molecule has 1 rings (SSSR count). The number of aliphatic hydroxyl groups is 1. The SMILES string of the molecule is CC(C)(C)[Si](C)(C)OCC1C=C(C(=O)O)C(O)CN1C(=O)O. The number of carboxylic acids is 1. The van der Waals surface area contributed by atoms with Gasteiger partial charge in [-0.3, -0.25) is 4.90 Å². The zero-order valence-corrected chi connectivity index (χ0v) is 14.7. The summed E-state index contributed by atoms with van der Waals surface area (Å²) in [7, 11) is -2.08. The van der Waals surface area contributed by atoms with Gasteiger partial charge in [0, 0.05) is 0 Å². The van der Waals surface area contributed by atoms with Crippen molar-refractivity contribution in [1.29, 1.82) is 0 Å². The van der Waals surface area contributed by atoms with Gasteiger partial charge in [0.05, 0.1) is 24.8 Å². The summed E-state index contributed by atoms with van der Waals surface area (Å²) >= 11 is 0. The minimum Gasteiger partial charge on any atom is -0.478 e. The molecule has 0 fully saturated rings. The van der Waals surface area contributed by atoms with E-state index < -0.39 is 32.5 Å². The van der Waals surface area contributed by atoms with Gasteiger partial charge in [-0.05, 0) is 24.2 Å². The predicted octanol–water partition coefficient (Wildman–Crippen LogP) is 1.74. The summed E-state index contributed by atoms with van der Waals surface area (Å²) in [6, 6.07) is -0.707. The monoisotopic (exact) mass is 331 g/mol. The average Bonchev–Trinajstić information content (AvgIpc) is 2.34. The van der Waals surface area contributed by atoms with Crippen LogP contribution in [-0.2, 0) is 9.22 Å². The third kappa shape index (κ3) is 4.08. The largest absolute Gasteiger partial charge is 0.478 e. The zero-order chi connectivity index (χ0) is 17.3. The van der Waals surface area contributed by atoms with E-state index in [4.69, 9.17) is 9.53 Å². The first-order chi connectivity index (χ1) is 9.86. The number of aliphatic hydroxyl groups excluding tert-OH is 1. The number of hydrogen-bond donors (Lipinski definition) is 3. The summed E-state index contributed by atoms with van der Waals surface area (Å²) in [5.41, 5.74) is -0.179. The van der Waals surface area contributed by atoms with Gasteiger partial charge in [-0.15, -0.1) is 0 Å². The van der Waals surface area contributed by atoms with Gasteiger partial charge in [-0.1, -0.05) is 20.8 Å². The summed E-state index contributed by atoms with van der Waals surface area (Å²) in [6.45, 7) is 10.1. The Kier molecular flexibility index (Phi) is 5.42. The fraction of sp³-hybridized carbons (Fsp3) is 0.714. The fourth-order valence-corrected chi connectivity index (χ4v) is 2.93. The van der Waals surface area contributed by atoms with Crippen LogP contribution >= 0.6 is 0 Å². The van der Waals surface area contributed by atoms with E-state index in [1.165, 1.54) is 6.08 Å². The van der Waals surface area contributed by atoms with Gasteiger partial charge < -0.3 is 19.7 Å². The van der Waals surface area contributed by atoms with Crippen molar-refractivity contribution in [3.8, 4) is 0 Å². The molecule has 1 amide bonds. The molecule has 2 atom stereocenters. The first-order valence-electron chi connectivity index (χ1n) is 7.13. The first-order valence-corrected chi connectivity index (χ1v) is 10.0. The van der Waals surface area contributed by atoms with Crippen molar-refractivity contribution in [2.24, 2.45) is 0 Å². The molecule has 126 valence electrons. The molecule has 0 aromatic rings. The minimum atomic E-state index is -2.08. The van der Waals surface area contributed by atoms with Crippen molar-refractivity contribution in [2.75, 3.05) is 13.2 Å². The molecule has 8 heteroatoms. The Bertz CT molecular complexity index is 482. The topological polar surface area (TPSA) is 107 Å². The number of amides is 1. The highest BCUT2D eigenvalue weighted by atomic mass is 28.4. The van der Waals surface area contributed by atoms with Gasteiger partial charge in [-0.2, -0.15) is 0 Å². The van der Waals surface area contributed by atoms with Gasteiger partial charge in [0.1, 0.15) is 6.10 Å². The Balaban J connectivity index is 2.97. The molecule has 7 nitrogen and oxygen atoms in total. The maximum atomic E-state index is 11.3. The number of β-amino-alcohol motifs (C(OH)–C–C–N with tert-alkyl or cyclic N) is 1. The summed E-state index contributed by atoms with van der Waals surface area (Å²) in [4.78, 5) is 23.4. The lowest BCUT2D eigenvalue weighted by Gasteiger charge is -2.40. The van der Waals surface area contributed by atoms with Crippen molar-refractivity contribution in [3.05, 3.63) is 11.6 Å². The summed E-state index contributed by atoms with van der Waals surface area (Å²) in [6.07, 6.45) is -1.25. The maximum Gasteiger partial charge on any atom is 0.407 e. The Morgan fingerprint density at radius 3 is 2.32 bits per heavy atom. The first kappa shape index (κ1) is 18.7. The van der Waals surface area contributed by atoms with E-state index in [-0.39, 0.29) is 23.8 Å². The normalized spacial score (nSPS) is 23.2. The third-order valence-electron chi connectivity index (χ3n) is 4.41. The van der Waals surface area contributed by atoms with E-state index >= 15 is 0 Å². The van der Waals surface area contributed by atoms with Gasteiger partial charge in [0.25, 0.3) is 0 Å². The van der Waals surface area contributed by atoms with Crippen molar-refractivity contribution < 1.29 is 29.3 Å². The Hall–Kier alpha value is -1.38. The number of nitrogens with zero attached hydrogens (tertiary/aromatic N) is 1. The second-order valence-corrected chi connectivity index (χ2v) is 11.8. The highest BCUT2D eigenvalue weighted by Crippen LogP contribution is 2.37. The molecule has 1 heterocycles. The molecular formula is C14H25NO6Si. The van der Waals surface area contributed by atoms with Crippen LogP contribution in [0.4, 0.5) is 4.79 Å². The lowest BCUT2D eigenvalue weighted by molar-refractivity contribution is -0.134. The average molecular weight is 331 g/mol. The van der Waals surface area contributed by atoms with Crippen molar-refractivity contribution in [3.63, 3.8) is 0 Å². The van der Waals surface area contributed by atoms with Crippen molar-refractivity contribution in [2.45, 2.75) is 51.0 Å². The van der Waals surface area contributed by atoms with Crippen LogP contribution in [0.2, 0.25) is 18.1 Å². The molecule has 0 saturated carbocycles. The van der Waals surface area contributed by atoms with Crippen LogP contribution in [-0.4, -0.2) is 65.9 Å². The van der Waals surface area contributed by atoms with Crippen molar-refractivity contribution in [1.82, 2.24) is 4.90 Å². The number of carbonyl (C=O) groups is 2. The van der Waals surface area contributed by atoms with E-state index in [1.807, 2.05) is 13.1 Å². The van der Waals surface area contributed by atoms with E-state index in [9.17, 15) is 19.8 Å². The van der Waals surface area contributed by atoms with E-state index in [1.54, 1.807) is 0 Å². The summed E-state index contributed by atoms with van der Waals surface area (Å²) in [5, 5.41) is 28.0. The number of carboxylic acid groups (broad SMARTS) is 2. The second-order valence-electron chi connectivity index (χ2n) is 7.02. The molecule has 0 spiro atoms. The molecule has 2 unspecified atom stereocenters. The smallest absolute Gasteiger partial charge is 0.407 e. The van der Waals surface area contributed by atoms with Gasteiger partial charge in [0.2, 0.25) is 0 Å². The summed E-state index contributed by atoms with van der Waals surface area (Å²) in [5.74, 6) is -1.24. The standard InChI is InChI=1S/C14H25NO6Si/c1-14(2,3)22(4,5)21-8-9-6-10(12(17)18)11(16)7-15(9)13(19)20/h6,9,11,16H,7-8H2,1-5H3,(H,17,18)(H,19,20).